The van der Waals surface area contributed by atoms with Gasteiger partial charge in [-0.1, -0.05) is 0 Å². The number of carboxylic acids is 1. The fourth-order valence-electron chi connectivity index (χ4n) is 1.97. The first kappa shape index (κ1) is 12.8. The number of carboxylic acid groups (broad SMARTS) is 1. The van der Waals surface area contributed by atoms with E-state index in [-0.39, 0.29) is 18.2 Å². The second-order valence-electron chi connectivity index (χ2n) is 4.45. The predicted molar refractivity (Wildman–Crippen MR) is 64.7 cm³/mol. The Kier molecular flexibility index (Phi) is 3.49. The Balaban J connectivity index is 2.09. The molecule has 0 saturated carbocycles. The number of pyridine rings is 1. The number of hydrogen-bond acceptors (Lipinski definition) is 5. The third-order valence-corrected chi connectivity index (χ3v) is 3.30. The summed E-state index contributed by atoms with van der Waals surface area (Å²) in [6.45, 7) is 2.55. The van der Waals surface area contributed by atoms with Gasteiger partial charge in [-0.2, -0.15) is 0 Å². The molecule has 0 spiro atoms. The first-order chi connectivity index (χ1) is 8.53. The molecule has 18 heavy (non-hydrogen) atoms. The van der Waals surface area contributed by atoms with Crippen LogP contribution < -0.4 is 5.32 Å². The number of hydrogen-bond donors (Lipinski definition) is 3. The summed E-state index contributed by atoms with van der Waals surface area (Å²) >= 11 is 0. The van der Waals surface area contributed by atoms with Crippen molar-refractivity contribution in [2.24, 2.45) is 0 Å². The highest BCUT2D eigenvalue weighted by Crippen LogP contribution is 2.26. The number of anilines is 1. The molecule has 6 heteroatoms. The Morgan fingerprint density at radius 1 is 1.72 bits per heavy atom. The summed E-state index contributed by atoms with van der Waals surface area (Å²) in [5.74, 6) is -1.03. The molecule has 0 bridgehead atoms. The number of aromatic nitrogens is 1. The Hall–Kier alpha value is -1.66. The number of nitrogens with zero attached hydrogens (tertiary/aromatic N) is 1. The van der Waals surface area contributed by atoms with Crippen LogP contribution in [0.3, 0.4) is 0 Å². The fraction of sp³-hybridized carbons (Fsp3) is 0.500. The third kappa shape index (κ3) is 2.44. The molecule has 3 N–H and O–H groups in total. The van der Waals surface area contributed by atoms with Gasteiger partial charge in [-0.3, -0.25) is 4.98 Å². The first-order valence-corrected chi connectivity index (χ1v) is 5.78. The molecule has 1 aromatic rings. The summed E-state index contributed by atoms with van der Waals surface area (Å²) in [4.78, 5) is 14.9. The highest BCUT2D eigenvalue weighted by molar-refractivity contribution is 5.93. The topological polar surface area (TPSA) is 91.7 Å². The summed E-state index contributed by atoms with van der Waals surface area (Å²) < 4.78 is 5.31. The molecule has 1 aliphatic rings. The maximum Gasteiger partial charge on any atom is 0.337 e. The molecule has 2 unspecified atom stereocenters. The number of nitrogens with one attached hydrogen (secondary N) is 1. The van der Waals surface area contributed by atoms with Gasteiger partial charge >= 0.3 is 5.97 Å². The quantitative estimate of drug-likeness (QED) is 0.731. The summed E-state index contributed by atoms with van der Waals surface area (Å²) in [6.07, 6.45) is 3.12. The zero-order chi connectivity index (χ0) is 13.2. The van der Waals surface area contributed by atoms with Crippen molar-refractivity contribution in [3.8, 4) is 0 Å². The minimum Gasteiger partial charge on any atom is -0.478 e. The molecule has 2 rings (SSSR count). The van der Waals surface area contributed by atoms with Crippen molar-refractivity contribution in [2.45, 2.75) is 25.0 Å². The second kappa shape index (κ2) is 4.91. The molecule has 2 atom stereocenters. The van der Waals surface area contributed by atoms with Crippen LogP contribution in [0.4, 0.5) is 5.69 Å². The zero-order valence-electron chi connectivity index (χ0n) is 10.1. The van der Waals surface area contributed by atoms with Crippen molar-refractivity contribution in [3.63, 3.8) is 0 Å². The Morgan fingerprint density at radius 3 is 3.11 bits per heavy atom. The normalized spacial score (nSPS) is 27.1. The molecule has 0 radical (unpaired) electrons. The van der Waals surface area contributed by atoms with E-state index in [1.807, 2.05) is 0 Å². The summed E-state index contributed by atoms with van der Waals surface area (Å²) in [5, 5.41) is 22.2. The lowest BCUT2D eigenvalue weighted by Gasteiger charge is -2.26. The summed E-state index contributed by atoms with van der Waals surface area (Å²) in [7, 11) is 0. The first-order valence-electron chi connectivity index (χ1n) is 5.78. The van der Waals surface area contributed by atoms with Crippen molar-refractivity contribution in [1.29, 1.82) is 0 Å². The lowest BCUT2D eigenvalue weighted by molar-refractivity contribution is -0.0176. The smallest absolute Gasteiger partial charge is 0.337 e. The molecule has 1 aliphatic heterocycles. The van der Waals surface area contributed by atoms with Crippen molar-refractivity contribution < 1.29 is 19.7 Å². The Labute approximate surface area is 105 Å². The van der Waals surface area contributed by atoms with E-state index in [0.29, 0.717) is 18.7 Å². The largest absolute Gasteiger partial charge is 0.478 e. The number of aliphatic hydroxyl groups is 1. The summed E-state index contributed by atoms with van der Waals surface area (Å²) in [5.41, 5.74) is -0.427. The SMILES string of the molecule is CC1OCCC1(O)CNc1cnccc1C(=O)O. The number of ether oxygens (including phenoxy) is 1. The van der Waals surface area contributed by atoms with E-state index < -0.39 is 11.6 Å². The van der Waals surface area contributed by atoms with Crippen LogP contribution in [-0.2, 0) is 4.74 Å². The van der Waals surface area contributed by atoms with Crippen molar-refractivity contribution >= 4 is 11.7 Å². The van der Waals surface area contributed by atoms with Crippen LogP contribution in [0.1, 0.15) is 23.7 Å². The van der Waals surface area contributed by atoms with Gasteiger partial charge in [0.2, 0.25) is 0 Å². The molecule has 6 nitrogen and oxygen atoms in total. The van der Waals surface area contributed by atoms with Crippen LogP contribution in [0.25, 0.3) is 0 Å². The third-order valence-electron chi connectivity index (χ3n) is 3.30. The van der Waals surface area contributed by atoms with E-state index in [1.54, 1.807) is 6.92 Å². The maximum absolute atomic E-state index is 11.0. The Bertz CT molecular complexity index is 451. The van der Waals surface area contributed by atoms with Gasteiger partial charge < -0.3 is 20.3 Å². The van der Waals surface area contributed by atoms with Crippen LogP contribution in [0.5, 0.6) is 0 Å². The average Bonchev–Trinajstić information content (AvgIpc) is 2.68. The average molecular weight is 252 g/mol. The predicted octanol–water partition coefficient (Wildman–Crippen LogP) is 0.732. The molecule has 0 aliphatic carbocycles. The van der Waals surface area contributed by atoms with E-state index in [4.69, 9.17) is 9.84 Å². The molecule has 98 valence electrons. The van der Waals surface area contributed by atoms with Crippen molar-refractivity contribution in [3.05, 3.63) is 24.0 Å². The summed E-state index contributed by atoms with van der Waals surface area (Å²) in [6, 6.07) is 1.42. The van der Waals surface area contributed by atoms with Crippen LogP contribution in [0.2, 0.25) is 0 Å². The van der Waals surface area contributed by atoms with Crippen LogP contribution >= 0.6 is 0 Å². The van der Waals surface area contributed by atoms with Gasteiger partial charge in [0, 0.05) is 25.8 Å². The molecule has 1 saturated heterocycles. The number of aromatic carboxylic acids is 1. The highest BCUT2D eigenvalue weighted by atomic mass is 16.5. The highest BCUT2D eigenvalue weighted by Gasteiger charge is 2.39. The number of rotatable bonds is 4. The van der Waals surface area contributed by atoms with E-state index in [0.717, 1.165) is 0 Å². The zero-order valence-corrected chi connectivity index (χ0v) is 10.1. The van der Waals surface area contributed by atoms with Crippen LogP contribution in [-0.4, -0.2) is 46.0 Å². The molecular weight excluding hydrogens is 236 g/mol. The number of carbonyl (C=O) groups is 1. The standard InChI is InChI=1S/C12H16N2O4/c1-8-12(17,3-5-18-8)7-14-10-6-13-4-2-9(10)11(15)16/h2,4,6,8,14,17H,3,5,7H2,1H3,(H,15,16). The molecule has 2 heterocycles. The van der Waals surface area contributed by atoms with Gasteiger partial charge in [0.25, 0.3) is 0 Å². The van der Waals surface area contributed by atoms with E-state index in [9.17, 15) is 9.90 Å². The lowest BCUT2D eigenvalue weighted by atomic mass is 9.96. The second-order valence-corrected chi connectivity index (χ2v) is 4.45. The van der Waals surface area contributed by atoms with Gasteiger partial charge in [-0.25, -0.2) is 4.79 Å². The van der Waals surface area contributed by atoms with E-state index >= 15 is 0 Å². The Morgan fingerprint density at radius 2 is 2.50 bits per heavy atom. The minimum atomic E-state index is -1.03. The van der Waals surface area contributed by atoms with Gasteiger partial charge in [0.1, 0.15) is 5.60 Å². The van der Waals surface area contributed by atoms with E-state index in [2.05, 4.69) is 10.3 Å². The molecule has 1 aromatic heterocycles. The van der Waals surface area contributed by atoms with Crippen molar-refractivity contribution in [1.82, 2.24) is 4.98 Å². The minimum absolute atomic E-state index is 0.139. The van der Waals surface area contributed by atoms with Crippen LogP contribution in [0.15, 0.2) is 18.5 Å². The molecule has 0 amide bonds. The molecule has 1 fully saturated rings. The van der Waals surface area contributed by atoms with Gasteiger partial charge in [0.15, 0.2) is 0 Å². The fourth-order valence-corrected chi connectivity index (χ4v) is 1.97. The van der Waals surface area contributed by atoms with E-state index in [1.165, 1.54) is 18.5 Å². The molecule has 0 aromatic carbocycles. The lowest BCUT2D eigenvalue weighted by Crippen LogP contribution is -2.43. The van der Waals surface area contributed by atoms with Gasteiger partial charge in [-0.05, 0) is 13.0 Å². The maximum atomic E-state index is 11.0. The van der Waals surface area contributed by atoms with Gasteiger partial charge in [-0.15, -0.1) is 0 Å². The van der Waals surface area contributed by atoms with Crippen molar-refractivity contribution in [2.75, 3.05) is 18.5 Å². The van der Waals surface area contributed by atoms with Gasteiger partial charge in [0.05, 0.1) is 23.6 Å². The molecular formula is C12H16N2O4. The van der Waals surface area contributed by atoms with Crippen LogP contribution in [0, 0.1) is 0 Å². The monoisotopic (exact) mass is 252 g/mol.